The average molecular weight is 354 g/mol. The second-order valence-corrected chi connectivity index (χ2v) is 7.81. The summed E-state index contributed by atoms with van der Waals surface area (Å²) >= 11 is 3.79. The summed E-state index contributed by atoms with van der Waals surface area (Å²) in [4.78, 5) is 23.6. The second-order valence-electron chi connectivity index (χ2n) is 5.08. The Labute approximate surface area is 145 Å². The molecule has 2 amide bonds. The van der Waals surface area contributed by atoms with Crippen molar-refractivity contribution in [3.8, 4) is 5.75 Å². The molecule has 7 heteroatoms. The molecule has 0 spiro atoms. The minimum Gasteiger partial charge on any atom is -0.483 e. The van der Waals surface area contributed by atoms with Crippen molar-refractivity contribution in [1.82, 2.24) is 10.6 Å². The highest BCUT2D eigenvalue weighted by Crippen LogP contribution is 2.48. The Morgan fingerprint density at radius 2 is 2.00 bits per heavy atom. The molecule has 2 N–H and O–H groups in total. The standard InChI is InChI=1S/C16H22N2O3S2/c1-3-17-15(20)11(2)18-14(19)10-21-13-7-5-4-6-12(13)16-22-8-9-23-16/h4-7,11,16H,3,8-10H2,1-2H3,(H,17,20)(H,18,19)/t11-/m1/s1. The Kier molecular flexibility index (Phi) is 7.11. The van der Waals surface area contributed by atoms with Crippen molar-refractivity contribution < 1.29 is 14.3 Å². The van der Waals surface area contributed by atoms with E-state index in [1.807, 2.05) is 54.7 Å². The molecule has 1 atom stereocenters. The van der Waals surface area contributed by atoms with Gasteiger partial charge in [-0.1, -0.05) is 18.2 Å². The highest BCUT2D eigenvalue weighted by atomic mass is 32.2. The van der Waals surface area contributed by atoms with Gasteiger partial charge in [0, 0.05) is 23.6 Å². The van der Waals surface area contributed by atoms with E-state index in [4.69, 9.17) is 4.74 Å². The molecule has 2 rings (SSSR count). The van der Waals surface area contributed by atoms with Crippen LogP contribution in [-0.4, -0.2) is 42.5 Å². The number of amides is 2. The maximum absolute atomic E-state index is 11.9. The molecule has 1 aliphatic heterocycles. The van der Waals surface area contributed by atoms with Crippen LogP contribution in [0.4, 0.5) is 0 Å². The van der Waals surface area contributed by atoms with Crippen molar-refractivity contribution in [3.63, 3.8) is 0 Å². The number of carbonyl (C=O) groups is 2. The highest BCUT2D eigenvalue weighted by molar-refractivity contribution is 8.19. The van der Waals surface area contributed by atoms with Gasteiger partial charge in [-0.15, -0.1) is 23.5 Å². The second kappa shape index (κ2) is 9.08. The van der Waals surface area contributed by atoms with Crippen LogP contribution < -0.4 is 15.4 Å². The van der Waals surface area contributed by atoms with Crippen LogP contribution in [0.25, 0.3) is 0 Å². The topological polar surface area (TPSA) is 67.4 Å². The van der Waals surface area contributed by atoms with E-state index in [1.165, 1.54) is 0 Å². The van der Waals surface area contributed by atoms with Gasteiger partial charge in [-0.05, 0) is 19.9 Å². The van der Waals surface area contributed by atoms with E-state index in [0.29, 0.717) is 11.1 Å². The molecule has 1 fully saturated rings. The number of thioether (sulfide) groups is 2. The van der Waals surface area contributed by atoms with E-state index in [1.54, 1.807) is 6.92 Å². The van der Waals surface area contributed by atoms with Crippen molar-refractivity contribution in [2.24, 2.45) is 0 Å². The number of benzene rings is 1. The van der Waals surface area contributed by atoms with Crippen molar-refractivity contribution in [2.45, 2.75) is 24.5 Å². The van der Waals surface area contributed by atoms with Gasteiger partial charge in [0.05, 0.1) is 4.58 Å². The molecule has 23 heavy (non-hydrogen) atoms. The largest absolute Gasteiger partial charge is 0.483 e. The van der Waals surface area contributed by atoms with Crippen molar-refractivity contribution in [2.75, 3.05) is 24.7 Å². The molecule has 1 saturated heterocycles. The van der Waals surface area contributed by atoms with Gasteiger partial charge in [0.15, 0.2) is 6.61 Å². The third-order valence-corrected chi connectivity index (χ3v) is 6.34. The zero-order valence-electron chi connectivity index (χ0n) is 13.3. The van der Waals surface area contributed by atoms with Crippen LogP contribution in [0, 0.1) is 0 Å². The van der Waals surface area contributed by atoms with E-state index >= 15 is 0 Å². The Morgan fingerprint density at radius 3 is 2.70 bits per heavy atom. The molecule has 1 aliphatic rings. The van der Waals surface area contributed by atoms with Crippen LogP contribution in [0.3, 0.4) is 0 Å². The van der Waals surface area contributed by atoms with Crippen molar-refractivity contribution >= 4 is 35.3 Å². The summed E-state index contributed by atoms with van der Waals surface area (Å²) in [6, 6.07) is 7.25. The van der Waals surface area contributed by atoms with Crippen molar-refractivity contribution in [3.05, 3.63) is 29.8 Å². The minimum absolute atomic E-state index is 0.0944. The predicted octanol–water partition coefficient (Wildman–Crippen LogP) is 2.18. The van der Waals surface area contributed by atoms with Crippen LogP contribution in [0.15, 0.2) is 24.3 Å². The average Bonchev–Trinajstić information content (AvgIpc) is 3.07. The summed E-state index contributed by atoms with van der Waals surface area (Å²) in [5.74, 6) is 2.51. The number of para-hydroxylation sites is 1. The smallest absolute Gasteiger partial charge is 0.258 e. The molecular weight excluding hydrogens is 332 g/mol. The third-order valence-electron chi connectivity index (χ3n) is 3.28. The quantitative estimate of drug-likeness (QED) is 0.786. The van der Waals surface area contributed by atoms with Gasteiger partial charge < -0.3 is 15.4 Å². The van der Waals surface area contributed by atoms with Crippen LogP contribution in [0.5, 0.6) is 5.75 Å². The molecule has 0 aliphatic carbocycles. The number of hydrogen-bond donors (Lipinski definition) is 2. The van der Waals surface area contributed by atoms with E-state index in [9.17, 15) is 9.59 Å². The Morgan fingerprint density at radius 1 is 1.30 bits per heavy atom. The van der Waals surface area contributed by atoms with E-state index in [-0.39, 0.29) is 18.4 Å². The number of nitrogens with one attached hydrogen (secondary N) is 2. The summed E-state index contributed by atoms with van der Waals surface area (Å²) in [7, 11) is 0. The van der Waals surface area contributed by atoms with Crippen LogP contribution >= 0.6 is 23.5 Å². The van der Waals surface area contributed by atoms with Gasteiger partial charge in [-0.2, -0.15) is 0 Å². The summed E-state index contributed by atoms with van der Waals surface area (Å²) in [6.07, 6.45) is 0. The predicted molar refractivity (Wildman–Crippen MR) is 95.9 cm³/mol. The van der Waals surface area contributed by atoms with Gasteiger partial charge in [0.1, 0.15) is 11.8 Å². The van der Waals surface area contributed by atoms with Gasteiger partial charge in [-0.25, -0.2) is 0 Å². The summed E-state index contributed by atoms with van der Waals surface area (Å²) in [6.45, 7) is 3.94. The summed E-state index contributed by atoms with van der Waals surface area (Å²) in [5, 5.41) is 5.31. The lowest BCUT2D eigenvalue weighted by Gasteiger charge is -2.16. The van der Waals surface area contributed by atoms with Crippen LogP contribution in [-0.2, 0) is 9.59 Å². The summed E-state index contributed by atoms with van der Waals surface area (Å²) < 4.78 is 6.05. The normalized spacial score (nSPS) is 15.9. The zero-order chi connectivity index (χ0) is 16.7. The third kappa shape index (κ3) is 5.35. The van der Waals surface area contributed by atoms with Crippen LogP contribution in [0.2, 0.25) is 0 Å². The molecule has 0 saturated carbocycles. The molecule has 1 aromatic carbocycles. The first-order chi connectivity index (χ1) is 11.1. The number of rotatable bonds is 7. The maximum atomic E-state index is 11.9. The fourth-order valence-electron chi connectivity index (χ4n) is 2.16. The number of likely N-dealkylation sites (N-methyl/N-ethyl adjacent to an activating group) is 1. The first-order valence-electron chi connectivity index (χ1n) is 7.63. The van der Waals surface area contributed by atoms with E-state index in [2.05, 4.69) is 10.6 Å². The van der Waals surface area contributed by atoms with Gasteiger partial charge in [0.25, 0.3) is 5.91 Å². The molecule has 0 unspecified atom stereocenters. The molecule has 1 aromatic rings. The fourth-order valence-corrected chi connectivity index (χ4v) is 5.07. The lowest BCUT2D eigenvalue weighted by Crippen LogP contribution is -2.46. The molecule has 1 heterocycles. The summed E-state index contributed by atoms with van der Waals surface area (Å²) in [5.41, 5.74) is 1.12. The van der Waals surface area contributed by atoms with E-state index in [0.717, 1.165) is 22.8 Å². The molecule has 0 radical (unpaired) electrons. The van der Waals surface area contributed by atoms with Gasteiger partial charge in [0.2, 0.25) is 5.91 Å². The van der Waals surface area contributed by atoms with Gasteiger partial charge in [-0.3, -0.25) is 9.59 Å². The van der Waals surface area contributed by atoms with Gasteiger partial charge >= 0.3 is 0 Å². The molecule has 0 bridgehead atoms. The molecule has 126 valence electrons. The van der Waals surface area contributed by atoms with Crippen molar-refractivity contribution in [1.29, 1.82) is 0 Å². The first-order valence-corrected chi connectivity index (χ1v) is 9.73. The minimum atomic E-state index is -0.567. The maximum Gasteiger partial charge on any atom is 0.258 e. The Hall–Kier alpha value is -1.34. The number of ether oxygens (including phenoxy) is 1. The molecular formula is C16H22N2O3S2. The monoisotopic (exact) mass is 354 g/mol. The van der Waals surface area contributed by atoms with E-state index < -0.39 is 6.04 Å². The van der Waals surface area contributed by atoms with Crippen LogP contribution in [0.1, 0.15) is 24.0 Å². The zero-order valence-corrected chi connectivity index (χ0v) is 15.0. The Balaban J connectivity index is 1.88. The molecule has 0 aromatic heterocycles. The lowest BCUT2D eigenvalue weighted by atomic mass is 10.2. The first kappa shape index (κ1) is 18.0. The number of hydrogen-bond acceptors (Lipinski definition) is 5. The SMILES string of the molecule is CCNC(=O)[C@@H](C)NC(=O)COc1ccccc1C1SCCS1. The molecule has 5 nitrogen and oxygen atoms in total. The lowest BCUT2D eigenvalue weighted by molar-refractivity contribution is -0.129. The number of carbonyl (C=O) groups excluding carboxylic acids is 2. The highest BCUT2D eigenvalue weighted by Gasteiger charge is 2.22. The Bertz CT molecular complexity index is 548. The fraction of sp³-hybridized carbons (Fsp3) is 0.500.